The van der Waals surface area contributed by atoms with Crippen molar-refractivity contribution in [2.24, 2.45) is 5.73 Å². The Hall–Kier alpha value is -0.770. The van der Waals surface area contributed by atoms with Crippen molar-refractivity contribution < 1.29 is 4.74 Å². The van der Waals surface area contributed by atoms with Crippen molar-refractivity contribution >= 4 is 11.6 Å². The van der Waals surface area contributed by atoms with Crippen LogP contribution in [0.1, 0.15) is 25.0 Å². The van der Waals surface area contributed by atoms with E-state index in [-0.39, 0.29) is 5.54 Å². The maximum atomic E-state index is 6.12. The van der Waals surface area contributed by atoms with Gasteiger partial charge in [-0.2, -0.15) is 0 Å². The predicted octanol–water partition coefficient (Wildman–Crippen LogP) is 2.48. The Kier molecular flexibility index (Phi) is 4.80. The third kappa shape index (κ3) is 3.87. The summed E-state index contributed by atoms with van der Waals surface area (Å²) in [4.78, 5) is 0. The summed E-state index contributed by atoms with van der Waals surface area (Å²) < 4.78 is 5.35. The molecule has 3 N–H and O–H groups in total. The lowest BCUT2D eigenvalue weighted by molar-refractivity contribution is 0.379. The zero-order valence-electron chi connectivity index (χ0n) is 10.9. The van der Waals surface area contributed by atoms with Gasteiger partial charge in [0.15, 0.2) is 0 Å². The first-order chi connectivity index (χ1) is 7.89. The molecule has 96 valence electrons. The number of nitrogens with two attached hydrogens (primary N) is 1. The smallest absolute Gasteiger partial charge is 0.123 e. The molecular weight excluding hydrogens is 236 g/mol. The standard InChI is InChI=1S/C13H21ClN2O/c1-9-5-12(17-4)10(6-11(9)14)7-16-13(2,3)8-15/h5-6,16H,7-8,15H2,1-4H3. The van der Waals surface area contributed by atoms with E-state index in [1.165, 1.54) is 0 Å². The number of aryl methyl sites for hydroxylation is 1. The van der Waals surface area contributed by atoms with E-state index in [0.29, 0.717) is 13.1 Å². The van der Waals surface area contributed by atoms with E-state index < -0.39 is 0 Å². The van der Waals surface area contributed by atoms with Crippen LogP contribution in [0.4, 0.5) is 0 Å². The number of methoxy groups -OCH3 is 1. The van der Waals surface area contributed by atoms with Gasteiger partial charge in [0.25, 0.3) is 0 Å². The van der Waals surface area contributed by atoms with E-state index in [1.807, 2.05) is 19.1 Å². The lowest BCUT2D eigenvalue weighted by atomic mass is 10.0. The molecule has 1 aromatic carbocycles. The van der Waals surface area contributed by atoms with Crippen LogP contribution in [0, 0.1) is 6.92 Å². The monoisotopic (exact) mass is 256 g/mol. The summed E-state index contributed by atoms with van der Waals surface area (Å²) in [5, 5.41) is 4.14. The number of hydrogen-bond donors (Lipinski definition) is 2. The van der Waals surface area contributed by atoms with Crippen LogP contribution in [-0.4, -0.2) is 19.2 Å². The first kappa shape index (κ1) is 14.3. The second-order valence-electron chi connectivity index (χ2n) is 4.85. The van der Waals surface area contributed by atoms with E-state index in [0.717, 1.165) is 21.9 Å². The van der Waals surface area contributed by atoms with Crippen molar-refractivity contribution in [2.75, 3.05) is 13.7 Å². The second kappa shape index (κ2) is 5.71. The van der Waals surface area contributed by atoms with Crippen LogP contribution in [0.2, 0.25) is 5.02 Å². The molecule has 0 aliphatic carbocycles. The Morgan fingerprint density at radius 2 is 2.06 bits per heavy atom. The summed E-state index contributed by atoms with van der Waals surface area (Å²) in [6.07, 6.45) is 0. The van der Waals surface area contributed by atoms with Crippen molar-refractivity contribution in [3.05, 3.63) is 28.3 Å². The molecule has 3 nitrogen and oxygen atoms in total. The average Bonchev–Trinajstić information content (AvgIpc) is 2.30. The third-order valence-electron chi connectivity index (χ3n) is 2.83. The summed E-state index contributed by atoms with van der Waals surface area (Å²) in [6.45, 7) is 7.36. The van der Waals surface area contributed by atoms with Crippen molar-refractivity contribution in [1.29, 1.82) is 0 Å². The van der Waals surface area contributed by atoms with Gasteiger partial charge in [-0.1, -0.05) is 11.6 Å². The highest BCUT2D eigenvalue weighted by Gasteiger charge is 2.15. The van der Waals surface area contributed by atoms with Crippen LogP contribution in [0.5, 0.6) is 5.75 Å². The Bertz CT molecular complexity index is 391. The molecule has 0 unspecified atom stereocenters. The van der Waals surface area contributed by atoms with Gasteiger partial charge in [0, 0.05) is 29.2 Å². The third-order valence-corrected chi connectivity index (χ3v) is 3.24. The first-order valence-corrected chi connectivity index (χ1v) is 6.05. The number of halogens is 1. The van der Waals surface area contributed by atoms with E-state index >= 15 is 0 Å². The molecular formula is C13H21ClN2O. The molecule has 0 amide bonds. The molecule has 0 saturated carbocycles. The first-order valence-electron chi connectivity index (χ1n) is 5.67. The SMILES string of the molecule is COc1cc(C)c(Cl)cc1CNC(C)(C)CN. The Morgan fingerprint density at radius 1 is 1.41 bits per heavy atom. The average molecular weight is 257 g/mol. The van der Waals surface area contributed by atoms with Gasteiger partial charge in [0.05, 0.1) is 7.11 Å². The Balaban J connectivity index is 2.87. The normalized spacial score (nSPS) is 11.6. The number of nitrogens with one attached hydrogen (secondary N) is 1. The van der Waals surface area contributed by atoms with Gasteiger partial charge in [-0.25, -0.2) is 0 Å². The topological polar surface area (TPSA) is 47.3 Å². The van der Waals surface area contributed by atoms with Crippen LogP contribution >= 0.6 is 11.6 Å². The number of benzene rings is 1. The number of hydrogen-bond acceptors (Lipinski definition) is 3. The Morgan fingerprint density at radius 3 is 2.59 bits per heavy atom. The van der Waals surface area contributed by atoms with Crippen molar-refractivity contribution in [3.8, 4) is 5.75 Å². The van der Waals surface area contributed by atoms with Crippen LogP contribution < -0.4 is 15.8 Å². The molecule has 0 aromatic heterocycles. The molecule has 0 saturated heterocycles. The van der Waals surface area contributed by atoms with Crippen molar-refractivity contribution in [3.63, 3.8) is 0 Å². The van der Waals surface area contributed by atoms with Crippen LogP contribution in [0.15, 0.2) is 12.1 Å². The lowest BCUT2D eigenvalue weighted by Crippen LogP contribution is -2.45. The number of rotatable bonds is 5. The minimum Gasteiger partial charge on any atom is -0.496 e. The van der Waals surface area contributed by atoms with Gasteiger partial charge in [-0.3, -0.25) is 0 Å². The molecule has 17 heavy (non-hydrogen) atoms. The van der Waals surface area contributed by atoms with Crippen LogP contribution in [-0.2, 0) is 6.54 Å². The van der Waals surface area contributed by atoms with E-state index in [9.17, 15) is 0 Å². The maximum absolute atomic E-state index is 6.12. The predicted molar refractivity (Wildman–Crippen MR) is 72.7 cm³/mol. The van der Waals surface area contributed by atoms with Crippen molar-refractivity contribution in [1.82, 2.24) is 5.32 Å². The molecule has 0 fully saturated rings. The largest absolute Gasteiger partial charge is 0.496 e. The van der Waals surface area contributed by atoms with Crippen LogP contribution in [0.25, 0.3) is 0 Å². The highest BCUT2D eigenvalue weighted by molar-refractivity contribution is 6.31. The summed E-state index contributed by atoms with van der Waals surface area (Å²) in [7, 11) is 1.67. The maximum Gasteiger partial charge on any atom is 0.123 e. The van der Waals surface area contributed by atoms with Gasteiger partial charge >= 0.3 is 0 Å². The van der Waals surface area contributed by atoms with Gasteiger partial charge in [-0.15, -0.1) is 0 Å². The molecule has 4 heteroatoms. The van der Waals surface area contributed by atoms with E-state index in [2.05, 4.69) is 19.2 Å². The summed E-state index contributed by atoms with van der Waals surface area (Å²) >= 11 is 6.12. The molecule has 1 aromatic rings. The molecule has 0 radical (unpaired) electrons. The van der Waals surface area contributed by atoms with Gasteiger partial charge in [0.2, 0.25) is 0 Å². The summed E-state index contributed by atoms with van der Waals surface area (Å²) in [5.41, 5.74) is 7.65. The quantitative estimate of drug-likeness (QED) is 0.851. The molecule has 0 bridgehead atoms. The molecule has 0 heterocycles. The zero-order chi connectivity index (χ0) is 13.1. The fourth-order valence-corrected chi connectivity index (χ4v) is 1.62. The van der Waals surface area contributed by atoms with Gasteiger partial charge in [0.1, 0.15) is 5.75 Å². The van der Waals surface area contributed by atoms with Gasteiger partial charge < -0.3 is 15.8 Å². The molecule has 0 aliphatic heterocycles. The molecule has 1 rings (SSSR count). The number of ether oxygens (including phenoxy) is 1. The minimum atomic E-state index is -0.0949. The lowest BCUT2D eigenvalue weighted by Gasteiger charge is -2.25. The van der Waals surface area contributed by atoms with Gasteiger partial charge in [-0.05, 0) is 38.5 Å². The summed E-state index contributed by atoms with van der Waals surface area (Å²) in [6, 6.07) is 3.89. The fourth-order valence-electron chi connectivity index (χ4n) is 1.43. The second-order valence-corrected chi connectivity index (χ2v) is 5.26. The molecule has 0 atom stereocenters. The minimum absolute atomic E-state index is 0.0949. The van der Waals surface area contributed by atoms with Crippen molar-refractivity contribution in [2.45, 2.75) is 32.9 Å². The Labute approximate surface area is 108 Å². The molecule has 0 aliphatic rings. The highest BCUT2D eigenvalue weighted by Crippen LogP contribution is 2.26. The summed E-state index contributed by atoms with van der Waals surface area (Å²) in [5.74, 6) is 0.854. The zero-order valence-corrected chi connectivity index (χ0v) is 11.7. The van der Waals surface area contributed by atoms with E-state index in [4.69, 9.17) is 22.1 Å². The van der Waals surface area contributed by atoms with Crippen LogP contribution in [0.3, 0.4) is 0 Å². The molecule has 0 spiro atoms. The fraction of sp³-hybridized carbons (Fsp3) is 0.538. The highest BCUT2D eigenvalue weighted by atomic mass is 35.5. The van der Waals surface area contributed by atoms with E-state index in [1.54, 1.807) is 7.11 Å².